The number of rotatable bonds is 9. The molecule has 52 heavy (non-hydrogen) atoms. The second-order valence-electron chi connectivity index (χ2n) is 14.5. The number of hydrogen-bond acceptors (Lipinski definition) is 8. The molecular formula is C39H43ClN8O4. The van der Waals surface area contributed by atoms with Gasteiger partial charge in [0.25, 0.3) is 5.91 Å². The van der Waals surface area contributed by atoms with Crippen LogP contribution in [0, 0.1) is 23.2 Å². The number of nitriles is 1. The van der Waals surface area contributed by atoms with Gasteiger partial charge in [-0.15, -0.1) is 0 Å². The number of benzene rings is 2. The zero-order valence-corrected chi connectivity index (χ0v) is 30.5. The van der Waals surface area contributed by atoms with E-state index in [0.717, 1.165) is 80.9 Å². The van der Waals surface area contributed by atoms with Crippen molar-refractivity contribution in [3.05, 3.63) is 87.0 Å². The van der Waals surface area contributed by atoms with Crippen LogP contribution in [0.25, 0.3) is 11.1 Å². The Labute approximate surface area is 308 Å². The molecule has 7 rings (SSSR count). The molecule has 0 bridgehead atoms. The van der Waals surface area contributed by atoms with Gasteiger partial charge in [-0.3, -0.25) is 19.3 Å². The Kier molecular flexibility index (Phi) is 10.0. The van der Waals surface area contributed by atoms with Crippen LogP contribution in [0.3, 0.4) is 0 Å². The van der Waals surface area contributed by atoms with Gasteiger partial charge in [0.1, 0.15) is 6.07 Å². The summed E-state index contributed by atoms with van der Waals surface area (Å²) in [6.07, 6.45) is 4.89. The summed E-state index contributed by atoms with van der Waals surface area (Å²) in [5.41, 5.74) is 6.33. The van der Waals surface area contributed by atoms with Crippen molar-refractivity contribution in [1.29, 1.82) is 5.26 Å². The molecule has 0 atom stereocenters. The van der Waals surface area contributed by atoms with Gasteiger partial charge in [0.2, 0.25) is 5.78 Å². The third kappa shape index (κ3) is 6.88. The van der Waals surface area contributed by atoms with Crippen LogP contribution >= 0.6 is 11.6 Å². The first-order valence-electron chi connectivity index (χ1n) is 17.9. The quantitative estimate of drug-likeness (QED) is 0.221. The molecule has 2 aromatic carbocycles. The van der Waals surface area contributed by atoms with Crippen molar-refractivity contribution in [2.45, 2.75) is 58.0 Å². The van der Waals surface area contributed by atoms with Crippen LogP contribution in [-0.4, -0.2) is 78.4 Å². The molecule has 1 aliphatic carbocycles. The molecule has 1 fully saturated rings. The predicted octanol–water partition coefficient (Wildman–Crippen LogP) is 5.26. The number of carbonyl (C=O) groups excluding carboxylic acids is 2. The number of anilines is 1. The highest BCUT2D eigenvalue weighted by molar-refractivity contribution is 6.36. The van der Waals surface area contributed by atoms with Gasteiger partial charge in [0.15, 0.2) is 11.6 Å². The maximum Gasteiger partial charge on any atom is 0.306 e. The number of fused-ring (bicyclic) bond motifs is 2. The number of ketones is 1. The van der Waals surface area contributed by atoms with E-state index in [0.29, 0.717) is 52.8 Å². The van der Waals surface area contributed by atoms with Crippen LogP contribution < -0.4 is 5.32 Å². The Morgan fingerprint density at radius 3 is 2.29 bits per heavy atom. The summed E-state index contributed by atoms with van der Waals surface area (Å²) < 4.78 is 3.73. The average molecular weight is 723 g/mol. The van der Waals surface area contributed by atoms with E-state index in [4.69, 9.17) is 16.6 Å². The molecule has 13 heteroatoms. The summed E-state index contributed by atoms with van der Waals surface area (Å²) in [6, 6.07) is 13.0. The highest BCUT2D eigenvalue weighted by Gasteiger charge is 2.31. The molecule has 12 nitrogen and oxygen atoms in total. The number of aromatic nitrogens is 4. The van der Waals surface area contributed by atoms with Crippen LogP contribution in [0.1, 0.15) is 80.8 Å². The second-order valence-corrected chi connectivity index (χ2v) is 14.9. The maximum absolute atomic E-state index is 13.7. The third-order valence-electron chi connectivity index (χ3n) is 11.1. The first kappa shape index (κ1) is 35.6. The number of carboxylic acid groups (broad SMARTS) is 1. The molecule has 4 heterocycles. The minimum Gasteiger partial charge on any atom is -0.481 e. The molecule has 2 aromatic heterocycles. The standard InChI is InChI=1S/C39H43ClN8O4/c1-45-16-14-32-30(21-45)42-36(46(32)2)34(49)18-25-6-4-7-26(28(25)19-41)27-8-5-9-29(35(27)40)44-38(50)37-43-31-22-48(17-15-33(31)47(37)3)20-23-10-12-24(13-11-23)39(51)52/h4-9,23-24H,10-18,20-22H2,1-3H3,(H,44,50)(H,51,52). The number of carboxylic acids is 1. The van der Waals surface area contributed by atoms with E-state index < -0.39 is 11.9 Å². The van der Waals surface area contributed by atoms with Gasteiger partial charge in [0, 0.05) is 88.6 Å². The van der Waals surface area contributed by atoms with Crippen molar-refractivity contribution in [2.75, 3.05) is 32.0 Å². The summed E-state index contributed by atoms with van der Waals surface area (Å²) in [6.45, 7) is 4.00. The summed E-state index contributed by atoms with van der Waals surface area (Å²) in [5.74, 6) is -0.324. The number of Topliss-reactive ketones (excluding diaryl/α,β-unsaturated/α-hetero) is 1. The Morgan fingerprint density at radius 1 is 0.904 bits per heavy atom. The zero-order valence-electron chi connectivity index (χ0n) is 29.8. The first-order chi connectivity index (χ1) is 25.0. The Morgan fingerprint density at radius 2 is 1.56 bits per heavy atom. The van der Waals surface area contributed by atoms with Gasteiger partial charge in [-0.05, 0) is 50.3 Å². The summed E-state index contributed by atoms with van der Waals surface area (Å²) in [5, 5.41) is 22.9. The molecule has 3 aliphatic rings. The summed E-state index contributed by atoms with van der Waals surface area (Å²) in [7, 11) is 5.76. The van der Waals surface area contributed by atoms with E-state index in [1.165, 1.54) is 0 Å². The fraction of sp³-hybridized carbons (Fsp3) is 0.436. The molecule has 0 unspecified atom stereocenters. The third-order valence-corrected chi connectivity index (χ3v) is 11.5. The molecule has 0 radical (unpaired) electrons. The van der Waals surface area contributed by atoms with Crippen LogP contribution in [0.4, 0.5) is 5.69 Å². The van der Waals surface area contributed by atoms with Gasteiger partial charge in [-0.2, -0.15) is 5.26 Å². The van der Waals surface area contributed by atoms with Crippen molar-refractivity contribution < 1.29 is 19.5 Å². The highest BCUT2D eigenvalue weighted by Crippen LogP contribution is 2.37. The molecule has 4 aromatic rings. The van der Waals surface area contributed by atoms with Crippen LogP contribution in [0.2, 0.25) is 5.02 Å². The van der Waals surface area contributed by atoms with E-state index in [1.54, 1.807) is 30.3 Å². The lowest BCUT2D eigenvalue weighted by atomic mass is 9.81. The maximum atomic E-state index is 13.7. The lowest BCUT2D eigenvalue weighted by Gasteiger charge is -2.33. The summed E-state index contributed by atoms with van der Waals surface area (Å²) >= 11 is 6.95. The predicted molar refractivity (Wildman–Crippen MR) is 196 cm³/mol. The number of hydrogen-bond donors (Lipinski definition) is 2. The van der Waals surface area contributed by atoms with Gasteiger partial charge in [-0.1, -0.05) is 41.9 Å². The van der Waals surface area contributed by atoms with Crippen molar-refractivity contribution in [1.82, 2.24) is 28.9 Å². The topological polar surface area (TPSA) is 149 Å². The largest absolute Gasteiger partial charge is 0.481 e. The van der Waals surface area contributed by atoms with E-state index in [2.05, 4.69) is 26.2 Å². The van der Waals surface area contributed by atoms with Gasteiger partial charge >= 0.3 is 5.97 Å². The lowest BCUT2D eigenvalue weighted by molar-refractivity contribution is -0.143. The fourth-order valence-electron chi connectivity index (χ4n) is 8.18. The van der Waals surface area contributed by atoms with Crippen LogP contribution in [0.15, 0.2) is 36.4 Å². The average Bonchev–Trinajstić information content (AvgIpc) is 3.64. The lowest BCUT2D eigenvalue weighted by Crippen LogP contribution is -2.36. The minimum atomic E-state index is -0.689. The number of imidazole rings is 2. The number of nitrogens with zero attached hydrogens (tertiary/aromatic N) is 7. The van der Waals surface area contributed by atoms with Crippen molar-refractivity contribution in [3.63, 3.8) is 0 Å². The van der Waals surface area contributed by atoms with Crippen molar-refractivity contribution in [2.24, 2.45) is 25.9 Å². The molecule has 0 saturated heterocycles. The minimum absolute atomic E-state index is 0.0114. The number of carbonyl (C=O) groups is 3. The van der Waals surface area contributed by atoms with Crippen LogP contribution in [-0.2, 0) is 51.2 Å². The molecule has 1 amide bonds. The number of aliphatic carboxylic acids is 1. The number of likely N-dealkylation sites (N-methyl/N-ethyl adjacent to an activating group) is 1. The van der Waals surface area contributed by atoms with E-state index in [1.807, 2.05) is 36.3 Å². The second kappa shape index (κ2) is 14.7. The van der Waals surface area contributed by atoms with Gasteiger partial charge in [0.05, 0.1) is 33.6 Å². The highest BCUT2D eigenvalue weighted by atomic mass is 35.5. The number of nitrogens with one attached hydrogen (secondary N) is 1. The van der Waals surface area contributed by atoms with Crippen molar-refractivity contribution >= 4 is 34.9 Å². The Bertz CT molecular complexity index is 2100. The van der Waals surface area contributed by atoms with Gasteiger partial charge in [-0.25, -0.2) is 9.97 Å². The normalized spacial score (nSPS) is 19.1. The molecule has 270 valence electrons. The molecular weight excluding hydrogens is 680 g/mol. The Hall–Kier alpha value is -4.83. The number of halogens is 1. The van der Waals surface area contributed by atoms with E-state index >= 15 is 0 Å². The molecule has 1 saturated carbocycles. The van der Waals surface area contributed by atoms with E-state index in [-0.39, 0.29) is 29.0 Å². The smallest absolute Gasteiger partial charge is 0.306 e. The molecule has 0 spiro atoms. The summed E-state index contributed by atoms with van der Waals surface area (Å²) in [4.78, 5) is 52.6. The van der Waals surface area contributed by atoms with Crippen LogP contribution in [0.5, 0.6) is 0 Å². The Balaban J connectivity index is 1.06. The zero-order chi connectivity index (χ0) is 36.7. The SMILES string of the molecule is CN1CCc2c(nc(C(=O)Cc3cccc(-c4cccc(NC(=O)c5nc6c(n5C)CCN(CC5CCC(C(=O)O)CC5)C6)c4Cl)c3C#N)n2C)C1. The first-order valence-corrected chi connectivity index (χ1v) is 18.3. The fourth-order valence-corrected chi connectivity index (χ4v) is 8.45. The van der Waals surface area contributed by atoms with E-state index in [9.17, 15) is 24.8 Å². The number of amides is 1. The van der Waals surface area contributed by atoms with Gasteiger partial charge < -0.3 is 24.5 Å². The van der Waals surface area contributed by atoms with Crippen molar-refractivity contribution in [3.8, 4) is 17.2 Å². The monoisotopic (exact) mass is 722 g/mol. The molecule has 2 aliphatic heterocycles. The molecule has 2 N–H and O–H groups in total.